The molecule has 188 valence electrons. The minimum Gasteiger partial charge on any atom is -0.481 e. The number of benzene rings is 2. The molecular formula is C28H40FNO4. The van der Waals surface area contributed by atoms with Gasteiger partial charge in [-0.3, -0.25) is 4.79 Å². The van der Waals surface area contributed by atoms with Gasteiger partial charge in [-0.2, -0.15) is 0 Å². The second kappa shape index (κ2) is 16.6. The van der Waals surface area contributed by atoms with E-state index in [-0.39, 0.29) is 18.0 Å². The average Bonchev–Trinajstić information content (AvgIpc) is 2.79. The number of aliphatic hydroxyl groups is 1. The van der Waals surface area contributed by atoms with E-state index in [0.29, 0.717) is 6.42 Å². The summed E-state index contributed by atoms with van der Waals surface area (Å²) in [5.74, 6) is -1.10. The molecule has 2 rings (SSSR count). The molecule has 5 nitrogen and oxygen atoms in total. The number of rotatable bonds is 9. The largest absolute Gasteiger partial charge is 0.481 e. The number of nitrogens with zero attached hydrogens (tertiary/aromatic N) is 1. The number of halogens is 1. The minimum atomic E-state index is -0.833. The molecule has 2 unspecified atom stereocenters. The van der Waals surface area contributed by atoms with Gasteiger partial charge in [0.15, 0.2) is 0 Å². The van der Waals surface area contributed by atoms with Crippen LogP contribution in [0.25, 0.3) is 5.57 Å². The first-order valence-corrected chi connectivity index (χ1v) is 11.5. The van der Waals surface area contributed by atoms with E-state index in [1.807, 2.05) is 50.4 Å². The topological polar surface area (TPSA) is 70.0 Å². The first-order valence-electron chi connectivity index (χ1n) is 11.5. The maximum Gasteiger partial charge on any atom is 0.300 e. The van der Waals surface area contributed by atoms with Crippen LogP contribution in [-0.2, 0) is 9.53 Å². The van der Waals surface area contributed by atoms with Crippen molar-refractivity contribution in [2.75, 3.05) is 12.0 Å². The van der Waals surface area contributed by atoms with Crippen LogP contribution in [0.2, 0.25) is 0 Å². The number of aliphatic hydroxyl groups excluding tert-OH is 1. The highest BCUT2D eigenvalue weighted by Crippen LogP contribution is 2.32. The average molecular weight is 474 g/mol. The van der Waals surface area contributed by atoms with Gasteiger partial charge in [-0.1, -0.05) is 50.8 Å². The lowest BCUT2D eigenvalue weighted by atomic mass is 9.97. The standard InChI is InChI=1S/C24H30FNO2.C2H4O2.C2H6/c1-17(2)26(15-14-22(28-5)16-18(3)27)24-9-7-6-8-23(24)19(4)20-10-12-21(25)13-11-20;1-2(3)4;1-2/h6-15,17-18,22,27H,4,16H2,1-3,5H3;1H3,(H,3,4);1-2H3/b15-14+;;. The fourth-order valence-corrected chi connectivity index (χ4v) is 3.07. The van der Waals surface area contributed by atoms with Crippen LogP contribution in [0.3, 0.4) is 0 Å². The summed E-state index contributed by atoms with van der Waals surface area (Å²) in [4.78, 5) is 11.2. The number of para-hydroxylation sites is 1. The highest BCUT2D eigenvalue weighted by molar-refractivity contribution is 5.85. The highest BCUT2D eigenvalue weighted by atomic mass is 19.1. The molecule has 0 amide bonds. The molecule has 0 saturated carbocycles. The van der Waals surface area contributed by atoms with Crippen LogP contribution in [-0.4, -0.2) is 41.5 Å². The molecular weight excluding hydrogens is 433 g/mol. The number of carboxylic acid groups (broad SMARTS) is 1. The highest BCUT2D eigenvalue weighted by Gasteiger charge is 2.16. The predicted molar refractivity (Wildman–Crippen MR) is 139 cm³/mol. The van der Waals surface area contributed by atoms with Gasteiger partial charge in [0.2, 0.25) is 0 Å². The van der Waals surface area contributed by atoms with Gasteiger partial charge in [0, 0.05) is 43.9 Å². The summed E-state index contributed by atoms with van der Waals surface area (Å²) in [6.07, 6.45) is 3.88. The molecule has 0 saturated heterocycles. The Morgan fingerprint density at radius 1 is 1.12 bits per heavy atom. The minimum absolute atomic E-state index is 0.172. The van der Waals surface area contributed by atoms with Gasteiger partial charge in [-0.05, 0) is 56.2 Å². The fraction of sp³-hybridized carbons (Fsp3) is 0.393. The summed E-state index contributed by atoms with van der Waals surface area (Å²) >= 11 is 0. The lowest BCUT2D eigenvalue weighted by Crippen LogP contribution is -2.27. The van der Waals surface area contributed by atoms with E-state index in [1.54, 1.807) is 26.2 Å². The Bertz CT molecular complexity index is 888. The van der Waals surface area contributed by atoms with Crippen molar-refractivity contribution in [1.82, 2.24) is 0 Å². The molecule has 2 aromatic carbocycles. The molecule has 2 aromatic rings. The summed E-state index contributed by atoms with van der Waals surface area (Å²) < 4.78 is 18.7. The molecule has 0 aliphatic rings. The third-order valence-electron chi connectivity index (χ3n) is 4.59. The first kappa shape index (κ1) is 31.0. The summed E-state index contributed by atoms with van der Waals surface area (Å²) in [6.45, 7) is 15.3. The monoisotopic (exact) mass is 473 g/mol. The number of ether oxygens (including phenoxy) is 1. The van der Waals surface area contributed by atoms with Crippen molar-refractivity contribution >= 4 is 17.2 Å². The van der Waals surface area contributed by atoms with Crippen molar-refractivity contribution in [2.45, 2.75) is 66.2 Å². The van der Waals surface area contributed by atoms with Crippen LogP contribution < -0.4 is 4.90 Å². The molecule has 34 heavy (non-hydrogen) atoms. The number of hydrogen-bond donors (Lipinski definition) is 2. The Balaban J connectivity index is 0.00000164. The van der Waals surface area contributed by atoms with Gasteiger partial charge < -0.3 is 19.8 Å². The molecule has 0 aliphatic heterocycles. The zero-order chi connectivity index (χ0) is 26.3. The molecule has 2 atom stereocenters. The molecule has 0 radical (unpaired) electrons. The van der Waals surface area contributed by atoms with Crippen molar-refractivity contribution in [3.63, 3.8) is 0 Å². The maximum absolute atomic E-state index is 13.3. The lowest BCUT2D eigenvalue weighted by Gasteiger charge is -2.29. The van der Waals surface area contributed by atoms with Crippen LogP contribution in [0.5, 0.6) is 0 Å². The number of carbonyl (C=O) groups is 1. The van der Waals surface area contributed by atoms with E-state index < -0.39 is 12.1 Å². The summed E-state index contributed by atoms with van der Waals surface area (Å²) in [7, 11) is 1.64. The Hall–Kier alpha value is -2.96. The molecule has 0 aliphatic carbocycles. The van der Waals surface area contributed by atoms with Gasteiger partial charge in [-0.15, -0.1) is 0 Å². The molecule has 6 heteroatoms. The SMILES string of the molecule is C=C(c1ccc(F)cc1)c1ccccc1N(/C=C/C(CC(C)O)OC)C(C)C.CC.CC(=O)O. The number of anilines is 1. The van der Waals surface area contributed by atoms with Gasteiger partial charge in [-0.25, -0.2) is 4.39 Å². The zero-order valence-corrected chi connectivity index (χ0v) is 21.5. The van der Waals surface area contributed by atoms with Crippen LogP contribution >= 0.6 is 0 Å². The molecule has 0 aromatic heterocycles. The third-order valence-corrected chi connectivity index (χ3v) is 4.59. The van der Waals surface area contributed by atoms with Gasteiger partial charge in [0.1, 0.15) is 5.82 Å². The van der Waals surface area contributed by atoms with Crippen molar-refractivity contribution in [3.8, 4) is 0 Å². The number of carboxylic acids is 1. The summed E-state index contributed by atoms with van der Waals surface area (Å²) in [5, 5.41) is 17.1. The van der Waals surface area contributed by atoms with Crippen molar-refractivity contribution in [1.29, 1.82) is 0 Å². The lowest BCUT2D eigenvalue weighted by molar-refractivity contribution is -0.134. The summed E-state index contributed by atoms with van der Waals surface area (Å²) in [6, 6.07) is 14.6. The second-order valence-electron chi connectivity index (χ2n) is 7.72. The Kier molecular flexibility index (Phi) is 15.2. The number of hydrogen-bond acceptors (Lipinski definition) is 4. The maximum atomic E-state index is 13.3. The van der Waals surface area contributed by atoms with E-state index in [2.05, 4.69) is 25.3 Å². The molecule has 0 fully saturated rings. The van der Waals surface area contributed by atoms with E-state index >= 15 is 0 Å². The van der Waals surface area contributed by atoms with Crippen LogP contribution in [0.4, 0.5) is 10.1 Å². The zero-order valence-electron chi connectivity index (χ0n) is 21.5. The normalized spacial score (nSPS) is 12.2. The number of methoxy groups -OCH3 is 1. The molecule has 0 spiro atoms. The van der Waals surface area contributed by atoms with Gasteiger partial charge in [0.05, 0.1) is 12.2 Å². The van der Waals surface area contributed by atoms with Crippen LogP contribution in [0.1, 0.15) is 59.1 Å². The van der Waals surface area contributed by atoms with Crippen molar-refractivity contribution in [2.24, 2.45) is 0 Å². The van der Waals surface area contributed by atoms with Gasteiger partial charge in [0.25, 0.3) is 5.97 Å². The first-order chi connectivity index (χ1) is 16.1. The Morgan fingerprint density at radius 2 is 1.65 bits per heavy atom. The Morgan fingerprint density at radius 3 is 2.12 bits per heavy atom. The van der Waals surface area contributed by atoms with Crippen molar-refractivity contribution < 1.29 is 24.1 Å². The molecule has 0 bridgehead atoms. The Labute approximate surface area is 204 Å². The van der Waals surface area contributed by atoms with E-state index in [0.717, 1.165) is 29.3 Å². The van der Waals surface area contributed by atoms with E-state index in [4.69, 9.17) is 14.6 Å². The predicted octanol–water partition coefficient (Wildman–Crippen LogP) is 6.52. The van der Waals surface area contributed by atoms with Gasteiger partial charge >= 0.3 is 0 Å². The number of aliphatic carboxylic acids is 1. The van der Waals surface area contributed by atoms with E-state index in [9.17, 15) is 9.50 Å². The quantitative estimate of drug-likeness (QED) is 0.434. The molecule has 0 heterocycles. The second-order valence-corrected chi connectivity index (χ2v) is 7.72. The molecule has 2 N–H and O–H groups in total. The smallest absolute Gasteiger partial charge is 0.300 e. The van der Waals surface area contributed by atoms with Crippen LogP contribution in [0.15, 0.2) is 67.4 Å². The fourth-order valence-electron chi connectivity index (χ4n) is 3.07. The van der Waals surface area contributed by atoms with Crippen LogP contribution in [0, 0.1) is 5.82 Å². The third kappa shape index (κ3) is 11.3. The summed E-state index contributed by atoms with van der Waals surface area (Å²) in [5.41, 5.74) is 3.71. The van der Waals surface area contributed by atoms with E-state index in [1.165, 1.54) is 12.1 Å². The van der Waals surface area contributed by atoms with Crippen molar-refractivity contribution in [3.05, 3.63) is 84.3 Å².